The van der Waals surface area contributed by atoms with Crippen LogP contribution in [0.4, 0.5) is 11.4 Å². The van der Waals surface area contributed by atoms with Gasteiger partial charge in [-0.1, -0.05) is 31.4 Å². The van der Waals surface area contributed by atoms with Crippen molar-refractivity contribution >= 4 is 40.6 Å². The number of aromatic nitrogens is 1. The smallest absolute Gasteiger partial charge is 0.273 e. The van der Waals surface area contributed by atoms with Gasteiger partial charge in [0.1, 0.15) is 10.6 Å². The fraction of sp³-hybridized carbons (Fsp3) is 0.407. The zero-order valence-electron chi connectivity index (χ0n) is 21.3. The summed E-state index contributed by atoms with van der Waals surface area (Å²) in [4.78, 5) is 40.8. The number of amides is 3. The molecule has 2 aromatic heterocycles. The van der Waals surface area contributed by atoms with E-state index in [4.69, 9.17) is 15.9 Å². The van der Waals surface area contributed by atoms with Crippen molar-refractivity contribution in [3.05, 3.63) is 64.6 Å². The van der Waals surface area contributed by atoms with Crippen LogP contribution < -0.4 is 21.7 Å². The summed E-state index contributed by atoms with van der Waals surface area (Å²) in [6, 6.07) is 9.88. The van der Waals surface area contributed by atoms with Gasteiger partial charge in [-0.15, -0.1) is 0 Å². The number of carbonyl (C=O) groups is 3. The van der Waals surface area contributed by atoms with Crippen LogP contribution in [-0.2, 0) is 4.79 Å². The Morgan fingerprint density at radius 2 is 1.78 bits per heavy atom. The fourth-order valence-corrected chi connectivity index (χ4v) is 5.47. The Labute approximate surface area is 220 Å². The van der Waals surface area contributed by atoms with Crippen molar-refractivity contribution in [2.75, 3.05) is 10.6 Å². The molecule has 5 N–H and O–H groups in total. The third-order valence-corrected chi connectivity index (χ3v) is 7.29. The standard InChI is InChI=1S/C27H33N5O4S/c1-27(2,3)30-25(34)22(19-10-7-15-36-19)32(26(35)23-20(28)21(24(29)33)31-37-23)18-13-11-17(12-14-18)16-8-5-4-6-9-16/h7,10-16,22H,4-6,8-9,28H2,1-3H3,(H2,29,33)(H,30,34). The summed E-state index contributed by atoms with van der Waals surface area (Å²) in [6.07, 6.45) is 7.40. The van der Waals surface area contributed by atoms with Crippen molar-refractivity contribution in [2.24, 2.45) is 5.73 Å². The third kappa shape index (κ3) is 5.85. The van der Waals surface area contributed by atoms with Crippen LogP contribution in [0.25, 0.3) is 0 Å². The first-order chi connectivity index (χ1) is 17.6. The second-order valence-electron chi connectivity index (χ2n) is 10.4. The van der Waals surface area contributed by atoms with Crippen LogP contribution in [0.5, 0.6) is 0 Å². The van der Waals surface area contributed by atoms with Crippen molar-refractivity contribution in [3.8, 4) is 0 Å². The largest absolute Gasteiger partial charge is 0.467 e. The van der Waals surface area contributed by atoms with Crippen LogP contribution >= 0.6 is 11.5 Å². The van der Waals surface area contributed by atoms with E-state index in [1.165, 1.54) is 36.0 Å². The van der Waals surface area contributed by atoms with Gasteiger partial charge < -0.3 is 21.2 Å². The molecule has 0 saturated heterocycles. The molecule has 1 aliphatic carbocycles. The number of primary amides is 1. The molecule has 0 aliphatic heterocycles. The predicted octanol–water partition coefficient (Wildman–Crippen LogP) is 4.77. The van der Waals surface area contributed by atoms with Gasteiger partial charge in [0.2, 0.25) is 0 Å². The molecular weight excluding hydrogens is 490 g/mol. The highest BCUT2D eigenvalue weighted by Gasteiger charge is 2.38. The number of nitrogens with one attached hydrogen (secondary N) is 1. The lowest BCUT2D eigenvalue weighted by Crippen LogP contribution is -2.49. The maximum Gasteiger partial charge on any atom is 0.273 e. The molecule has 1 aromatic carbocycles. The predicted molar refractivity (Wildman–Crippen MR) is 143 cm³/mol. The highest BCUT2D eigenvalue weighted by Crippen LogP contribution is 2.37. The summed E-state index contributed by atoms with van der Waals surface area (Å²) < 4.78 is 9.62. The van der Waals surface area contributed by atoms with E-state index in [-0.39, 0.29) is 22.0 Å². The average Bonchev–Trinajstić information content (AvgIpc) is 3.51. The van der Waals surface area contributed by atoms with E-state index in [1.807, 2.05) is 45.0 Å². The zero-order chi connectivity index (χ0) is 26.7. The zero-order valence-corrected chi connectivity index (χ0v) is 22.1. The van der Waals surface area contributed by atoms with Gasteiger partial charge in [-0.25, -0.2) is 0 Å². The maximum absolute atomic E-state index is 14.0. The molecule has 1 saturated carbocycles. The highest BCUT2D eigenvalue weighted by atomic mass is 32.1. The maximum atomic E-state index is 14.0. The molecule has 9 nitrogen and oxygen atoms in total. The van der Waals surface area contributed by atoms with Crippen LogP contribution in [0.1, 0.15) is 96.3 Å². The van der Waals surface area contributed by atoms with Gasteiger partial charge in [-0.3, -0.25) is 19.3 Å². The van der Waals surface area contributed by atoms with Crippen molar-refractivity contribution < 1.29 is 18.8 Å². The molecule has 2 heterocycles. The number of benzene rings is 1. The van der Waals surface area contributed by atoms with E-state index in [0.29, 0.717) is 11.6 Å². The van der Waals surface area contributed by atoms with E-state index < -0.39 is 29.3 Å². The third-order valence-electron chi connectivity index (χ3n) is 6.44. The second-order valence-corrected chi connectivity index (χ2v) is 11.2. The number of nitrogens with two attached hydrogens (primary N) is 2. The topological polar surface area (TPSA) is 145 Å². The van der Waals surface area contributed by atoms with Crippen LogP contribution in [0.3, 0.4) is 0 Å². The molecule has 37 heavy (non-hydrogen) atoms. The van der Waals surface area contributed by atoms with Crippen molar-refractivity contribution in [1.29, 1.82) is 0 Å². The lowest BCUT2D eigenvalue weighted by Gasteiger charge is -2.32. The summed E-state index contributed by atoms with van der Waals surface area (Å²) >= 11 is 0.772. The molecule has 1 aliphatic rings. The lowest BCUT2D eigenvalue weighted by atomic mass is 9.84. The van der Waals surface area contributed by atoms with Crippen LogP contribution in [-0.4, -0.2) is 27.6 Å². The molecule has 1 unspecified atom stereocenters. The lowest BCUT2D eigenvalue weighted by molar-refractivity contribution is -0.124. The first-order valence-corrected chi connectivity index (χ1v) is 13.2. The Morgan fingerprint density at radius 1 is 1.11 bits per heavy atom. The second kappa shape index (κ2) is 10.8. The van der Waals surface area contributed by atoms with Crippen LogP contribution in [0.15, 0.2) is 47.1 Å². The molecule has 0 bridgehead atoms. The Bertz CT molecular complexity index is 1250. The number of hydrogen-bond acceptors (Lipinski definition) is 7. The number of rotatable bonds is 7. The van der Waals surface area contributed by atoms with E-state index in [9.17, 15) is 14.4 Å². The van der Waals surface area contributed by atoms with Gasteiger partial charge >= 0.3 is 0 Å². The van der Waals surface area contributed by atoms with E-state index >= 15 is 0 Å². The number of anilines is 2. The summed E-state index contributed by atoms with van der Waals surface area (Å²) in [5, 5.41) is 2.95. The number of carbonyl (C=O) groups excluding carboxylic acids is 3. The Hall–Kier alpha value is -3.66. The number of nitrogens with zero attached hydrogens (tertiary/aromatic N) is 2. The fourth-order valence-electron chi connectivity index (χ4n) is 4.72. The minimum absolute atomic E-state index is 0.0188. The van der Waals surface area contributed by atoms with Crippen molar-refractivity contribution in [2.45, 2.75) is 70.4 Å². The molecule has 10 heteroatoms. The first-order valence-electron chi connectivity index (χ1n) is 12.4. The minimum Gasteiger partial charge on any atom is -0.467 e. The van der Waals surface area contributed by atoms with Gasteiger partial charge in [-0.05, 0) is 80.9 Å². The van der Waals surface area contributed by atoms with E-state index in [2.05, 4.69) is 9.69 Å². The van der Waals surface area contributed by atoms with Crippen molar-refractivity contribution in [3.63, 3.8) is 0 Å². The molecule has 1 fully saturated rings. The SMILES string of the molecule is CC(C)(C)NC(=O)C(c1ccco1)N(C(=O)c1snc(C(N)=O)c1N)c1ccc(C2CCCCC2)cc1. The van der Waals surface area contributed by atoms with Crippen LogP contribution in [0.2, 0.25) is 0 Å². The molecule has 1 atom stereocenters. The quantitative estimate of drug-likeness (QED) is 0.407. The molecule has 3 aromatic rings. The first kappa shape index (κ1) is 26.4. The van der Waals surface area contributed by atoms with Gasteiger partial charge in [0, 0.05) is 11.2 Å². The monoisotopic (exact) mass is 523 g/mol. The van der Waals surface area contributed by atoms with E-state index in [0.717, 1.165) is 24.4 Å². The van der Waals surface area contributed by atoms with Gasteiger partial charge in [0.25, 0.3) is 17.7 Å². The van der Waals surface area contributed by atoms with Gasteiger partial charge in [0.15, 0.2) is 11.7 Å². The number of hydrogen-bond donors (Lipinski definition) is 3. The summed E-state index contributed by atoms with van der Waals surface area (Å²) in [5.74, 6) is -1.08. The summed E-state index contributed by atoms with van der Waals surface area (Å²) in [7, 11) is 0. The molecule has 0 radical (unpaired) electrons. The molecule has 3 amide bonds. The Kier molecular flexibility index (Phi) is 7.68. The summed E-state index contributed by atoms with van der Waals surface area (Å²) in [6.45, 7) is 5.57. The minimum atomic E-state index is -1.14. The van der Waals surface area contributed by atoms with E-state index in [1.54, 1.807) is 12.1 Å². The Morgan fingerprint density at radius 3 is 2.32 bits per heavy atom. The normalized spacial score (nSPS) is 15.2. The number of furan rings is 1. The number of nitrogen functional groups attached to an aromatic ring is 1. The molecular formula is C27H33N5O4S. The van der Waals surface area contributed by atoms with Gasteiger partial charge in [0.05, 0.1) is 12.0 Å². The Balaban J connectivity index is 1.81. The molecule has 4 rings (SSSR count). The van der Waals surface area contributed by atoms with Crippen molar-refractivity contribution in [1.82, 2.24) is 9.69 Å². The molecule has 0 spiro atoms. The highest BCUT2D eigenvalue weighted by molar-refractivity contribution is 7.09. The summed E-state index contributed by atoms with van der Waals surface area (Å²) in [5.41, 5.74) is 12.3. The van der Waals surface area contributed by atoms with Gasteiger partial charge in [-0.2, -0.15) is 4.37 Å². The average molecular weight is 524 g/mol. The van der Waals surface area contributed by atoms with Crippen LogP contribution in [0, 0.1) is 0 Å². The molecule has 196 valence electrons.